The molecule has 128 valence electrons. The van der Waals surface area contributed by atoms with Gasteiger partial charge in [0, 0.05) is 30.9 Å². The van der Waals surface area contributed by atoms with Gasteiger partial charge in [-0.15, -0.1) is 0 Å². The Morgan fingerprint density at radius 1 is 1.00 bits per heavy atom. The molecule has 0 amide bonds. The summed E-state index contributed by atoms with van der Waals surface area (Å²) in [5.41, 5.74) is 3.78. The van der Waals surface area contributed by atoms with Gasteiger partial charge in [0.05, 0.1) is 5.92 Å². The molecule has 24 heavy (non-hydrogen) atoms. The second-order valence-corrected chi connectivity index (χ2v) is 6.33. The fraction of sp³-hybridized carbons (Fsp3) is 0.476. The maximum absolute atomic E-state index is 6.37. The van der Waals surface area contributed by atoms with E-state index in [-0.39, 0.29) is 12.0 Å². The summed E-state index contributed by atoms with van der Waals surface area (Å²) in [7, 11) is 0. The van der Waals surface area contributed by atoms with Gasteiger partial charge in [0.2, 0.25) is 5.71 Å². The van der Waals surface area contributed by atoms with Crippen molar-refractivity contribution in [2.75, 3.05) is 26.2 Å². The fourth-order valence-corrected chi connectivity index (χ4v) is 3.61. The van der Waals surface area contributed by atoms with E-state index < -0.39 is 0 Å². The molecular formula is C21H29N2O+. The number of rotatable bonds is 5. The minimum Gasteiger partial charge on any atom is -0.485 e. The SMILES string of the molecule is CCN(CC)C1=C[C@@H]2OC3=CC(=[N+](CC)CC)C=C[C@@H]3C=C2C=C1. The van der Waals surface area contributed by atoms with Crippen LogP contribution in [-0.2, 0) is 4.74 Å². The van der Waals surface area contributed by atoms with E-state index in [1.165, 1.54) is 17.0 Å². The fourth-order valence-electron chi connectivity index (χ4n) is 3.61. The Hall–Kier alpha value is -2.03. The van der Waals surface area contributed by atoms with E-state index in [2.05, 4.69) is 79.7 Å². The van der Waals surface area contributed by atoms with Crippen molar-refractivity contribution in [2.24, 2.45) is 5.92 Å². The molecule has 3 aliphatic rings. The number of fused-ring (bicyclic) bond motifs is 2. The van der Waals surface area contributed by atoms with E-state index in [1.54, 1.807) is 0 Å². The summed E-state index contributed by atoms with van der Waals surface area (Å²) in [6.07, 6.45) is 15.8. The van der Waals surface area contributed by atoms with Crippen molar-refractivity contribution >= 4 is 5.71 Å². The second-order valence-electron chi connectivity index (χ2n) is 6.33. The van der Waals surface area contributed by atoms with Gasteiger partial charge >= 0.3 is 0 Å². The lowest BCUT2D eigenvalue weighted by atomic mass is 9.90. The van der Waals surface area contributed by atoms with Crippen molar-refractivity contribution in [2.45, 2.75) is 33.8 Å². The van der Waals surface area contributed by atoms with Crippen LogP contribution < -0.4 is 0 Å². The smallest absolute Gasteiger partial charge is 0.202 e. The maximum atomic E-state index is 6.37. The molecule has 0 aromatic heterocycles. The predicted molar refractivity (Wildman–Crippen MR) is 100 cm³/mol. The van der Waals surface area contributed by atoms with E-state index in [0.717, 1.165) is 31.9 Å². The van der Waals surface area contributed by atoms with Gasteiger partial charge in [-0.25, -0.2) is 4.58 Å². The first-order chi connectivity index (χ1) is 11.7. The van der Waals surface area contributed by atoms with Gasteiger partial charge < -0.3 is 9.64 Å². The first-order valence-electron chi connectivity index (χ1n) is 9.25. The van der Waals surface area contributed by atoms with E-state index in [4.69, 9.17) is 4.74 Å². The van der Waals surface area contributed by atoms with Crippen molar-refractivity contribution < 1.29 is 9.31 Å². The van der Waals surface area contributed by atoms with Crippen LogP contribution in [0.25, 0.3) is 0 Å². The van der Waals surface area contributed by atoms with E-state index in [9.17, 15) is 0 Å². The molecule has 0 saturated carbocycles. The molecule has 3 rings (SSSR count). The molecule has 3 heteroatoms. The van der Waals surface area contributed by atoms with Crippen molar-refractivity contribution in [3.63, 3.8) is 0 Å². The first-order valence-corrected chi connectivity index (χ1v) is 9.25. The Morgan fingerprint density at radius 3 is 2.42 bits per heavy atom. The van der Waals surface area contributed by atoms with Crippen LogP contribution in [0.2, 0.25) is 0 Å². The van der Waals surface area contributed by atoms with Gasteiger partial charge in [-0.1, -0.05) is 18.2 Å². The molecule has 3 nitrogen and oxygen atoms in total. The third-order valence-corrected chi connectivity index (χ3v) is 5.08. The Morgan fingerprint density at radius 2 is 1.75 bits per heavy atom. The van der Waals surface area contributed by atoms with Crippen LogP contribution in [0.15, 0.2) is 59.6 Å². The lowest BCUT2D eigenvalue weighted by molar-refractivity contribution is -0.519. The molecule has 0 radical (unpaired) electrons. The van der Waals surface area contributed by atoms with Crippen molar-refractivity contribution in [1.29, 1.82) is 0 Å². The summed E-state index contributed by atoms with van der Waals surface area (Å²) >= 11 is 0. The normalized spacial score (nSPS) is 24.3. The van der Waals surface area contributed by atoms with Crippen molar-refractivity contribution in [3.05, 3.63) is 59.6 Å². The zero-order valence-electron chi connectivity index (χ0n) is 15.3. The third kappa shape index (κ3) is 3.12. The number of nitrogens with zero attached hydrogens (tertiary/aromatic N) is 2. The Balaban J connectivity index is 1.89. The largest absolute Gasteiger partial charge is 0.485 e. The number of hydrogen-bond donors (Lipinski definition) is 0. The molecule has 1 heterocycles. The minimum atomic E-state index is 0.0394. The van der Waals surface area contributed by atoms with Crippen LogP contribution in [0.1, 0.15) is 27.7 Å². The lowest BCUT2D eigenvalue weighted by Gasteiger charge is -2.33. The topological polar surface area (TPSA) is 15.5 Å². The van der Waals surface area contributed by atoms with Crippen LogP contribution >= 0.6 is 0 Å². The van der Waals surface area contributed by atoms with Gasteiger partial charge in [-0.3, -0.25) is 0 Å². The molecule has 0 unspecified atom stereocenters. The molecule has 0 aromatic rings. The summed E-state index contributed by atoms with van der Waals surface area (Å²) < 4.78 is 8.73. The Labute approximate surface area is 146 Å². The molecule has 0 aromatic carbocycles. The molecule has 0 spiro atoms. The standard InChI is InChI=1S/C21H29N2O/c1-5-22(6-2)18-11-9-16-13-17-10-12-19(23(7-3)8-4)15-21(17)24-20(16)14-18/h9-16,21H,5-8H2,1-4H3/q+1/t16-,21+/m1/s1. The Bertz CT molecular complexity index is 666. The van der Waals surface area contributed by atoms with Crippen LogP contribution in [0, 0.1) is 5.92 Å². The highest BCUT2D eigenvalue weighted by Gasteiger charge is 2.30. The van der Waals surface area contributed by atoms with E-state index in [0.29, 0.717) is 0 Å². The predicted octanol–water partition coefficient (Wildman–Crippen LogP) is 3.67. The highest BCUT2D eigenvalue weighted by molar-refractivity contribution is 6.01. The molecule has 1 aliphatic heterocycles. The highest BCUT2D eigenvalue weighted by atomic mass is 16.5. The Kier molecular flexibility index (Phi) is 5.08. The van der Waals surface area contributed by atoms with Crippen LogP contribution in [0.4, 0.5) is 0 Å². The average Bonchev–Trinajstić information content (AvgIpc) is 2.62. The molecular weight excluding hydrogens is 296 g/mol. The average molecular weight is 325 g/mol. The molecule has 0 fully saturated rings. The molecule has 0 bridgehead atoms. The highest BCUT2D eigenvalue weighted by Crippen LogP contribution is 2.34. The monoisotopic (exact) mass is 325 g/mol. The van der Waals surface area contributed by atoms with Crippen molar-refractivity contribution in [1.82, 2.24) is 4.90 Å². The summed E-state index contributed by atoms with van der Waals surface area (Å²) in [5.74, 6) is 1.34. The van der Waals surface area contributed by atoms with Gasteiger partial charge in [-0.05, 0) is 45.4 Å². The molecule has 2 aliphatic carbocycles. The van der Waals surface area contributed by atoms with E-state index in [1.807, 2.05) is 0 Å². The number of ether oxygens (including phenoxy) is 1. The number of likely N-dealkylation sites (N-methyl/N-ethyl adjacent to an activating group) is 1. The number of hydrogen-bond acceptors (Lipinski definition) is 2. The van der Waals surface area contributed by atoms with Crippen LogP contribution in [-0.4, -0.2) is 47.5 Å². The second kappa shape index (κ2) is 7.25. The third-order valence-electron chi connectivity index (χ3n) is 5.08. The zero-order valence-corrected chi connectivity index (χ0v) is 15.3. The quantitative estimate of drug-likeness (QED) is 0.717. The summed E-state index contributed by atoms with van der Waals surface area (Å²) in [4.78, 5) is 2.37. The van der Waals surface area contributed by atoms with Gasteiger partial charge in [0.1, 0.15) is 25.0 Å². The molecule has 2 atom stereocenters. The summed E-state index contributed by atoms with van der Waals surface area (Å²) in [6, 6.07) is 0. The van der Waals surface area contributed by atoms with Crippen molar-refractivity contribution in [3.8, 4) is 0 Å². The number of allylic oxidation sites excluding steroid dienone is 4. The van der Waals surface area contributed by atoms with Gasteiger partial charge in [0.15, 0.2) is 0 Å². The van der Waals surface area contributed by atoms with Gasteiger partial charge in [-0.2, -0.15) is 0 Å². The van der Waals surface area contributed by atoms with Crippen LogP contribution in [0.5, 0.6) is 0 Å². The maximum Gasteiger partial charge on any atom is 0.202 e. The van der Waals surface area contributed by atoms with Gasteiger partial charge in [0.25, 0.3) is 0 Å². The van der Waals surface area contributed by atoms with E-state index >= 15 is 0 Å². The first kappa shape index (κ1) is 16.8. The molecule has 0 saturated heterocycles. The lowest BCUT2D eigenvalue weighted by Crippen LogP contribution is -2.30. The summed E-state index contributed by atoms with van der Waals surface area (Å²) in [6.45, 7) is 12.9. The van der Waals surface area contributed by atoms with Crippen LogP contribution in [0.3, 0.4) is 0 Å². The summed E-state index contributed by atoms with van der Waals surface area (Å²) in [5, 5.41) is 0. The minimum absolute atomic E-state index is 0.0394. The molecule has 0 N–H and O–H groups in total. The zero-order chi connectivity index (χ0) is 17.1.